The number of aliphatic hydroxyl groups excluding tert-OH is 1. The summed E-state index contributed by atoms with van der Waals surface area (Å²) in [5, 5.41) is 13.0. The van der Waals surface area contributed by atoms with Crippen molar-refractivity contribution in [2.45, 2.75) is 37.8 Å². The number of ether oxygens (including phenoxy) is 1. The number of rotatable bonds is 4. The van der Waals surface area contributed by atoms with Gasteiger partial charge in [-0.1, -0.05) is 61.5 Å². The van der Waals surface area contributed by atoms with Crippen LogP contribution >= 0.6 is 0 Å². The maximum absolute atomic E-state index is 12.3. The van der Waals surface area contributed by atoms with Crippen molar-refractivity contribution in [2.75, 3.05) is 6.61 Å². The van der Waals surface area contributed by atoms with E-state index in [9.17, 15) is 9.90 Å². The molecule has 1 aliphatic carbocycles. The molecule has 0 bridgehead atoms. The van der Waals surface area contributed by atoms with Crippen LogP contribution in [0.25, 0.3) is 0 Å². The number of amides is 1. The molecule has 2 atom stereocenters. The molecular formula is C20H23NO3. The number of fused-ring (bicyclic) bond motifs is 1. The molecule has 3 rings (SSSR count). The van der Waals surface area contributed by atoms with E-state index >= 15 is 0 Å². The fourth-order valence-corrected chi connectivity index (χ4v) is 3.40. The zero-order valence-corrected chi connectivity index (χ0v) is 13.9. The van der Waals surface area contributed by atoms with Crippen LogP contribution < -0.4 is 5.32 Å². The largest absolute Gasteiger partial charge is 0.445 e. The highest BCUT2D eigenvalue weighted by Crippen LogP contribution is 2.41. The van der Waals surface area contributed by atoms with E-state index < -0.39 is 11.6 Å². The summed E-state index contributed by atoms with van der Waals surface area (Å²) in [6.45, 7) is 2.25. The number of hydrogen-bond donors (Lipinski definition) is 2. The highest BCUT2D eigenvalue weighted by molar-refractivity contribution is 5.69. The molecule has 0 aromatic heterocycles. The predicted octanol–water partition coefficient (Wildman–Crippen LogP) is 3.70. The number of benzene rings is 2. The third-order valence-corrected chi connectivity index (χ3v) is 4.84. The summed E-state index contributed by atoms with van der Waals surface area (Å²) in [6.07, 6.45) is 1.11. The number of aliphatic hydroxyl groups is 1. The Kier molecular flexibility index (Phi) is 4.86. The van der Waals surface area contributed by atoms with Crippen LogP contribution in [0, 0.1) is 0 Å². The minimum absolute atomic E-state index is 0.142. The van der Waals surface area contributed by atoms with Crippen LogP contribution in [0.5, 0.6) is 0 Å². The average molecular weight is 325 g/mol. The Bertz CT molecular complexity index is 701. The molecule has 126 valence electrons. The van der Waals surface area contributed by atoms with Crippen LogP contribution in [-0.2, 0) is 16.9 Å². The summed E-state index contributed by atoms with van der Waals surface area (Å²) in [6, 6.07) is 17.5. The lowest BCUT2D eigenvalue weighted by molar-refractivity contribution is 0.0963. The average Bonchev–Trinajstić information content (AvgIpc) is 2.64. The lowest BCUT2D eigenvalue weighted by Crippen LogP contribution is -2.51. The molecule has 1 aliphatic rings. The van der Waals surface area contributed by atoms with Crippen molar-refractivity contribution in [1.82, 2.24) is 5.32 Å². The van der Waals surface area contributed by atoms with Gasteiger partial charge in [0.2, 0.25) is 0 Å². The molecule has 0 saturated carbocycles. The van der Waals surface area contributed by atoms with Crippen molar-refractivity contribution in [1.29, 1.82) is 0 Å². The normalized spacial score (nSPS) is 22.5. The molecule has 4 nitrogen and oxygen atoms in total. The van der Waals surface area contributed by atoms with Gasteiger partial charge in [0.25, 0.3) is 0 Å². The van der Waals surface area contributed by atoms with Crippen molar-refractivity contribution in [2.24, 2.45) is 0 Å². The van der Waals surface area contributed by atoms with Gasteiger partial charge in [0, 0.05) is 0 Å². The summed E-state index contributed by atoms with van der Waals surface area (Å²) in [5.41, 5.74) is 2.34. The molecule has 0 radical (unpaired) electrons. The van der Waals surface area contributed by atoms with E-state index in [1.165, 1.54) is 5.56 Å². The molecule has 2 unspecified atom stereocenters. The monoisotopic (exact) mass is 325 g/mol. The van der Waals surface area contributed by atoms with Gasteiger partial charge in [-0.2, -0.15) is 0 Å². The first-order chi connectivity index (χ1) is 11.6. The third-order valence-electron chi connectivity index (χ3n) is 4.84. The summed E-state index contributed by atoms with van der Waals surface area (Å²) in [4.78, 5) is 12.3. The zero-order chi connectivity index (χ0) is 17.0. The first kappa shape index (κ1) is 16.5. The number of carbonyl (C=O) groups excluding carboxylic acids is 1. The van der Waals surface area contributed by atoms with Gasteiger partial charge in [-0.3, -0.25) is 0 Å². The van der Waals surface area contributed by atoms with Crippen LogP contribution in [0.1, 0.15) is 42.4 Å². The van der Waals surface area contributed by atoms with Crippen molar-refractivity contribution in [3.63, 3.8) is 0 Å². The molecule has 24 heavy (non-hydrogen) atoms. The Hall–Kier alpha value is -2.33. The van der Waals surface area contributed by atoms with E-state index in [4.69, 9.17) is 4.74 Å². The maximum atomic E-state index is 12.3. The Labute approximate surface area is 142 Å². The summed E-state index contributed by atoms with van der Waals surface area (Å²) in [5.74, 6) is 0.419. The Morgan fingerprint density at radius 3 is 2.67 bits per heavy atom. The smallest absolute Gasteiger partial charge is 0.408 e. The lowest BCUT2D eigenvalue weighted by Gasteiger charge is -2.40. The van der Waals surface area contributed by atoms with Gasteiger partial charge in [-0.25, -0.2) is 4.79 Å². The molecule has 0 spiro atoms. The number of nitrogens with one attached hydrogen (secondary N) is 1. The van der Waals surface area contributed by atoms with E-state index in [2.05, 4.69) is 18.3 Å². The zero-order valence-electron chi connectivity index (χ0n) is 13.9. The molecule has 2 aromatic carbocycles. The minimum Gasteiger partial charge on any atom is -0.445 e. The topological polar surface area (TPSA) is 58.6 Å². The summed E-state index contributed by atoms with van der Waals surface area (Å²) < 4.78 is 5.34. The Morgan fingerprint density at radius 2 is 1.92 bits per heavy atom. The highest BCUT2D eigenvalue weighted by Gasteiger charge is 2.39. The molecule has 4 heteroatoms. The van der Waals surface area contributed by atoms with Gasteiger partial charge in [0.05, 0.1) is 12.1 Å². The maximum Gasteiger partial charge on any atom is 0.408 e. The SMILES string of the molecule is CC1CCC(CO)(NC(=O)OCc2ccccc2)c2ccccc21. The highest BCUT2D eigenvalue weighted by atomic mass is 16.5. The molecule has 2 aromatic rings. The van der Waals surface area contributed by atoms with Crippen LogP contribution in [0.2, 0.25) is 0 Å². The van der Waals surface area contributed by atoms with Crippen molar-refractivity contribution < 1.29 is 14.6 Å². The van der Waals surface area contributed by atoms with Crippen molar-refractivity contribution in [3.8, 4) is 0 Å². The summed E-state index contributed by atoms with van der Waals surface area (Å²) in [7, 11) is 0. The van der Waals surface area contributed by atoms with Gasteiger partial charge < -0.3 is 15.2 Å². The van der Waals surface area contributed by atoms with Crippen LogP contribution in [0.4, 0.5) is 4.79 Å². The molecular weight excluding hydrogens is 302 g/mol. The quantitative estimate of drug-likeness (QED) is 0.901. The van der Waals surface area contributed by atoms with Gasteiger partial charge in [-0.05, 0) is 35.4 Å². The molecule has 0 aliphatic heterocycles. The van der Waals surface area contributed by atoms with Crippen molar-refractivity contribution >= 4 is 6.09 Å². The van der Waals surface area contributed by atoms with Gasteiger partial charge in [0.15, 0.2) is 0 Å². The molecule has 1 amide bonds. The summed E-state index contributed by atoms with van der Waals surface area (Å²) >= 11 is 0. The second-order valence-corrected chi connectivity index (χ2v) is 6.45. The van der Waals surface area contributed by atoms with E-state index in [0.717, 1.165) is 17.5 Å². The van der Waals surface area contributed by atoms with E-state index in [1.54, 1.807) is 0 Å². The van der Waals surface area contributed by atoms with Gasteiger partial charge >= 0.3 is 6.09 Å². The third kappa shape index (κ3) is 3.29. The second kappa shape index (κ2) is 7.05. The fourth-order valence-electron chi connectivity index (χ4n) is 3.40. The van der Waals surface area contributed by atoms with Gasteiger partial charge in [-0.15, -0.1) is 0 Å². The first-order valence-corrected chi connectivity index (χ1v) is 8.34. The van der Waals surface area contributed by atoms with E-state index in [1.807, 2.05) is 48.5 Å². The lowest BCUT2D eigenvalue weighted by atomic mass is 9.73. The van der Waals surface area contributed by atoms with Crippen LogP contribution in [0.15, 0.2) is 54.6 Å². The number of alkyl carbamates (subject to hydrolysis) is 1. The van der Waals surface area contributed by atoms with E-state index in [0.29, 0.717) is 12.3 Å². The predicted molar refractivity (Wildman–Crippen MR) is 92.6 cm³/mol. The van der Waals surface area contributed by atoms with Gasteiger partial charge in [0.1, 0.15) is 6.61 Å². The number of carbonyl (C=O) groups is 1. The van der Waals surface area contributed by atoms with Crippen LogP contribution in [-0.4, -0.2) is 17.8 Å². The Morgan fingerprint density at radius 1 is 1.21 bits per heavy atom. The standard InChI is InChI=1S/C20H23NO3/c1-15-11-12-20(14-22,18-10-6-5-9-17(15)18)21-19(23)24-13-16-7-3-2-4-8-16/h2-10,15,22H,11-14H2,1H3,(H,21,23). The van der Waals surface area contributed by atoms with Crippen LogP contribution in [0.3, 0.4) is 0 Å². The minimum atomic E-state index is -0.767. The Balaban J connectivity index is 1.74. The first-order valence-electron chi connectivity index (χ1n) is 8.34. The number of hydrogen-bond acceptors (Lipinski definition) is 3. The second-order valence-electron chi connectivity index (χ2n) is 6.45. The fraction of sp³-hybridized carbons (Fsp3) is 0.350. The molecule has 0 fully saturated rings. The molecule has 0 heterocycles. The van der Waals surface area contributed by atoms with Crippen molar-refractivity contribution in [3.05, 3.63) is 71.3 Å². The molecule has 0 saturated heterocycles. The van der Waals surface area contributed by atoms with E-state index in [-0.39, 0.29) is 13.2 Å². The molecule has 2 N–H and O–H groups in total.